The Hall–Kier alpha value is -3.65. The highest BCUT2D eigenvalue weighted by molar-refractivity contribution is 7.92. The second kappa shape index (κ2) is 13.4. The average Bonchev–Trinajstić information content (AvgIpc) is 2.88. The third-order valence-electron chi connectivity index (χ3n) is 6.64. The maximum Gasteiger partial charge on any atom is 0.244 e. The Morgan fingerprint density at radius 1 is 0.872 bits per heavy atom. The number of carbonyl (C=O) groups excluding carboxylic acids is 2. The molecule has 0 aliphatic rings. The summed E-state index contributed by atoms with van der Waals surface area (Å²) < 4.78 is 27.0. The van der Waals surface area contributed by atoms with Gasteiger partial charge in [0.15, 0.2) is 0 Å². The summed E-state index contributed by atoms with van der Waals surface area (Å²) in [5.41, 5.74) is 3.95. The van der Waals surface area contributed by atoms with Crippen molar-refractivity contribution in [1.82, 2.24) is 10.2 Å². The summed E-state index contributed by atoms with van der Waals surface area (Å²) in [6.07, 6.45) is 2.13. The smallest absolute Gasteiger partial charge is 0.244 e. The van der Waals surface area contributed by atoms with Crippen LogP contribution in [-0.2, 0) is 32.6 Å². The van der Waals surface area contributed by atoms with Gasteiger partial charge in [0, 0.05) is 19.0 Å². The van der Waals surface area contributed by atoms with Gasteiger partial charge in [-0.1, -0.05) is 73.7 Å². The van der Waals surface area contributed by atoms with Crippen LogP contribution in [0.4, 0.5) is 5.69 Å². The molecule has 0 aliphatic heterocycles. The molecule has 2 amide bonds. The molecule has 0 saturated heterocycles. The van der Waals surface area contributed by atoms with Gasteiger partial charge in [0.2, 0.25) is 21.8 Å². The third kappa shape index (κ3) is 8.68. The number of benzene rings is 3. The van der Waals surface area contributed by atoms with E-state index in [1.54, 1.807) is 12.1 Å². The van der Waals surface area contributed by atoms with Gasteiger partial charge in [-0.2, -0.15) is 0 Å². The summed E-state index contributed by atoms with van der Waals surface area (Å²) in [6, 6.07) is 23.5. The first-order chi connectivity index (χ1) is 18.5. The lowest BCUT2D eigenvalue weighted by molar-refractivity contribution is -0.140. The van der Waals surface area contributed by atoms with Crippen LogP contribution in [0, 0.1) is 13.8 Å². The number of nitrogens with zero attached hydrogens (tertiary/aromatic N) is 2. The summed E-state index contributed by atoms with van der Waals surface area (Å²) >= 11 is 0. The van der Waals surface area contributed by atoms with Crippen LogP contribution in [0.5, 0.6) is 0 Å². The molecule has 1 N–H and O–H groups in total. The SMILES string of the molecule is CC[C@H](C)NC(=O)[C@H](Cc1ccccc1)N(Cc1ccccc1)C(=O)CN(c1cc(C)cc(C)c1)S(C)(=O)=O. The van der Waals surface area contributed by atoms with Crippen molar-refractivity contribution in [2.24, 2.45) is 0 Å². The number of sulfonamides is 1. The maximum absolute atomic E-state index is 14.1. The van der Waals surface area contributed by atoms with Gasteiger partial charge in [0.25, 0.3) is 0 Å². The van der Waals surface area contributed by atoms with Crippen LogP contribution in [0.25, 0.3) is 0 Å². The Bertz CT molecular complexity index is 1340. The van der Waals surface area contributed by atoms with Gasteiger partial charge < -0.3 is 10.2 Å². The summed E-state index contributed by atoms with van der Waals surface area (Å²) in [6.45, 7) is 7.42. The second-order valence-electron chi connectivity index (χ2n) is 10.1. The van der Waals surface area contributed by atoms with E-state index in [-0.39, 0.29) is 18.5 Å². The third-order valence-corrected chi connectivity index (χ3v) is 7.78. The van der Waals surface area contributed by atoms with Gasteiger partial charge in [-0.15, -0.1) is 0 Å². The lowest BCUT2D eigenvalue weighted by Gasteiger charge is -2.34. The van der Waals surface area contributed by atoms with E-state index in [1.807, 2.05) is 94.4 Å². The maximum atomic E-state index is 14.1. The Morgan fingerprint density at radius 2 is 1.41 bits per heavy atom. The Morgan fingerprint density at radius 3 is 1.92 bits per heavy atom. The van der Waals surface area contributed by atoms with Crippen molar-refractivity contribution in [2.75, 3.05) is 17.1 Å². The van der Waals surface area contributed by atoms with E-state index in [2.05, 4.69) is 5.32 Å². The molecule has 3 rings (SSSR count). The Kier molecular flexibility index (Phi) is 10.3. The number of hydrogen-bond donors (Lipinski definition) is 1. The lowest BCUT2D eigenvalue weighted by atomic mass is 10.0. The van der Waals surface area contributed by atoms with E-state index < -0.39 is 28.5 Å². The molecule has 2 atom stereocenters. The Balaban J connectivity index is 2.05. The van der Waals surface area contributed by atoms with Crippen LogP contribution in [-0.4, -0.2) is 50.0 Å². The molecule has 0 aromatic heterocycles. The van der Waals surface area contributed by atoms with E-state index in [9.17, 15) is 18.0 Å². The number of aryl methyl sites for hydroxylation is 2. The zero-order valence-electron chi connectivity index (χ0n) is 23.4. The molecule has 208 valence electrons. The van der Waals surface area contributed by atoms with Crippen LogP contribution in [0.3, 0.4) is 0 Å². The molecular formula is C31H39N3O4S. The van der Waals surface area contributed by atoms with E-state index in [1.165, 1.54) is 4.90 Å². The Labute approximate surface area is 232 Å². The van der Waals surface area contributed by atoms with Crippen molar-refractivity contribution in [3.8, 4) is 0 Å². The first-order valence-electron chi connectivity index (χ1n) is 13.2. The highest BCUT2D eigenvalue weighted by Gasteiger charge is 2.33. The van der Waals surface area contributed by atoms with E-state index in [0.717, 1.165) is 39.2 Å². The average molecular weight is 550 g/mol. The van der Waals surface area contributed by atoms with Crippen LogP contribution in [0.2, 0.25) is 0 Å². The standard InChI is InChI=1S/C31H39N3O4S/c1-6-25(4)32-31(36)29(20-26-13-9-7-10-14-26)33(21-27-15-11-8-12-16-27)30(35)22-34(39(5,37)38)28-18-23(2)17-24(3)19-28/h7-19,25,29H,6,20-22H2,1-5H3,(H,32,36)/t25-,29-/m0/s1. The number of amides is 2. The highest BCUT2D eigenvalue weighted by Crippen LogP contribution is 2.23. The minimum Gasteiger partial charge on any atom is -0.352 e. The first kappa shape index (κ1) is 29.9. The lowest BCUT2D eigenvalue weighted by Crippen LogP contribution is -2.54. The molecule has 0 aliphatic carbocycles. The minimum absolute atomic E-state index is 0.0766. The van der Waals surface area contributed by atoms with Crippen molar-refractivity contribution < 1.29 is 18.0 Å². The van der Waals surface area contributed by atoms with Crippen molar-refractivity contribution >= 4 is 27.5 Å². The van der Waals surface area contributed by atoms with Gasteiger partial charge in [-0.25, -0.2) is 8.42 Å². The molecule has 39 heavy (non-hydrogen) atoms. The minimum atomic E-state index is -3.80. The second-order valence-corrected chi connectivity index (χ2v) is 12.1. The zero-order chi connectivity index (χ0) is 28.6. The molecule has 0 saturated carbocycles. The van der Waals surface area contributed by atoms with Gasteiger partial charge in [0.05, 0.1) is 11.9 Å². The van der Waals surface area contributed by atoms with E-state index in [4.69, 9.17) is 0 Å². The molecule has 7 nitrogen and oxygen atoms in total. The van der Waals surface area contributed by atoms with Gasteiger partial charge >= 0.3 is 0 Å². The van der Waals surface area contributed by atoms with Crippen molar-refractivity contribution in [3.05, 3.63) is 101 Å². The monoisotopic (exact) mass is 549 g/mol. The zero-order valence-corrected chi connectivity index (χ0v) is 24.2. The molecule has 0 bridgehead atoms. The molecule has 3 aromatic carbocycles. The summed E-state index contributed by atoms with van der Waals surface area (Å²) in [5.74, 6) is -0.724. The normalized spacial score (nSPS) is 12.8. The predicted molar refractivity (Wildman–Crippen MR) is 157 cm³/mol. The molecule has 3 aromatic rings. The van der Waals surface area contributed by atoms with Gasteiger partial charge in [-0.3, -0.25) is 13.9 Å². The molecule has 0 heterocycles. The molecule has 0 unspecified atom stereocenters. The van der Waals surface area contributed by atoms with Crippen molar-refractivity contribution in [3.63, 3.8) is 0 Å². The van der Waals surface area contributed by atoms with Crippen LogP contribution >= 0.6 is 0 Å². The van der Waals surface area contributed by atoms with Crippen LogP contribution in [0.15, 0.2) is 78.9 Å². The van der Waals surface area contributed by atoms with Crippen molar-refractivity contribution in [1.29, 1.82) is 0 Å². The molecule has 0 fully saturated rings. The summed E-state index contributed by atoms with van der Waals surface area (Å²) in [7, 11) is -3.80. The topological polar surface area (TPSA) is 86.8 Å². The van der Waals surface area contributed by atoms with E-state index in [0.29, 0.717) is 12.1 Å². The first-order valence-corrected chi connectivity index (χ1v) is 15.1. The summed E-state index contributed by atoms with van der Waals surface area (Å²) in [5, 5.41) is 3.04. The van der Waals surface area contributed by atoms with Crippen LogP contribution < -0.4 is 9.62 Å². The molecule has 8 heteroatoms. The molecule has 0 spiro atoms. The quantitative estimate of drug-likeness (QED) is 0.357. The van der Waals surface area contributed by atoms with Crippen LogP contribution in [0.1, 0.15) is 42.5 Å². The fourth-order valence-electron chi connectivity index (χ4n) is 4.48. The molecule has 0 radical (unpaired) electrons. The number of nitrogens with one attached hydrogen (secondary N) is 1. The van der Waals surface area contributed by atoms with Gasteiger partial charge in [-0.05, 0) is 61.6 Å². The fourth-order valence-corrected chi connectivity index (χ4v) is 5.32. The summed E-state index contributed by atoms with van der Waals surface area (Å²) in [4.78, 5) is 29.3. The number of carbonyl (C=O) groups is 2. The number of hydrogen-bond acceptors (Lipinski definition) is 4. The van der Waals surface area contributed by atoms with Crippen molar-refractivity contribution in [2.45, 2.75) is 59.2 Å². The fraction of sp³-hybridized carbons (Fsp3) is 0.355. The largest absolute Gasteiger partial charge is 0.352 e. The highest BCUT2D eigenvalue weighted by atomic mass is 32.2. The number of rotatable bonds is 12. The van der Waals surface area contributed by atoms with E-state index >= 15 is 0 Å². The molecular weight excluding hydrogens is 510 g/mol. The predicted octanol–water partition coefficient (Wildman–Crippen LogP) is 4.62. The van der Waals surface area contributed by atoms with Gasteiger partial charge in [0.1, 0.15) is 12.6 Å². The number of anilines is 1.